The first-order valence-corrected chi connectivity index (χ1v) is 5.67. The lowest BCUT2D eigenvalue weighted by Crippen LogP contribution is -2.15. The number of aliphatic hydroxyl groups excluding tert-OH is 1. The highest BCUT2D eigenvalue weighted by Crippen LogP contribution is 2.20. The molecule has 1 N–H and O–H groups in total. The number of benzene rings is 1. The first-order valence-electron chi connectivity index (χ1n) is 5.67. The summed E-state index contributed by atoms with van der Waals surface area (Å²) in [5.74, 6) is -1.15. The number of hydrogen-bond donors (Lipinski definition) is 1. The molecule has 0 saturated carbocycles. The molecule has 0 aliphatic carbocycles. The smallest absolute Gasteiger partial charge is 0.341 e. The minimum atomic E-state index is -1.32. The molecule has 1 unspecified atom stereocenters. The number of carbonyl (C=O) groups is 1. The Balaban J connectivity index is 2.43. The van der Waals surface area contributed by atoms with E-state index in [1.165, 1.54) is 25.3 Å². The number of carbonyl (C=O) groups excluding carboxylic acids is 1. The van der Waals surface area contributed by atoms with Crippen LogP contribution in [-0.4, -0.2) is 18.2 Å². The van der Waals surface area contributed by atoms with E-state index in [1.807, 2.05) is 0 Å². The van der Waals surface area contributed by atoms with Gasteiger partial charge in [0.2, 0.25) is 0 Å². The zero-order valence-corrected chi connectivity index (χ0v) is 10.5. The molecule has 6 heteroatoms. The molecule has 1 atom stereocenters. The standard InChI is InChI=1S/C14H11FO5/c1-19-13(17)9-6-11(14(18)20-7-9)12(16)8-2-4-10(15)5-3-8/h2-7,12,16H,1H3. The third kappa shape index (κ3) is 2.75. The molecule has 1 aromatic heterocycles. The number of ether oxygens (including phenoxy) is 1. The van der Waals surface area contributed by atoms with E-state index in [4.69, 9.17) is 0 Å². The Morgan fingerprint density at radius 2 is 2.00 bits per heavy atom. The van der Waals surface area contributed by atoms with Gasteiger partial charge in [0.15, 0.2) is 0 Å². The fourth-order valence-corrected chi connectivity index (χ4v) is 1.69. The summed E-state index contributed by atoms with van der Waals surface area (Å²) in [7, 11) is 1.18. The van der Waals surface area contributed by atoms with Gasteiger partial charge in [-0.2, -0.15) is 0 Å². The molecule has 0 fully saturated rings. The van der Waals surface area contributed by atoms with Crippen LogP contribution in [0.25, 0.3) is 0 Å². The summed E-state index contributed by atoms with van der Waals surface area (Å²) in [6.07, 6.45) is -0.369. The van der Waals surface area contributed by atoms with E-state index >= 15 is 0 Å². The van der Waals surface area contributed by atoms with Crippen LogP contribution in [0.15, 0.2) is 45.8 Å². The van der Waals surface area contributed by atoms with Crippen LogP contribution >= 0.6 is 0 Å². The van der Waals surface area contributed by atoms with Crippen LogP contribution in [0.5, 0.6) is 0 Å². The highest BCUT2D eigenvalue weighted by atomic mass is 19.1. The Kier molecular flexibility index (Phi) is 3.95. The zero-order chi connectivity index (χ0) is 14.7. The Hall–Kier alpha value is -2.47. The first kappa shape index (κ1) is 14.0. The monoisotopic (exact) mass is 278 g/mol. The number of hydrogen-bond acceptors (Lipinski definition) is 5. The summed E-state index contributed by atoms with van der Waals surface area (Å²) in [5, 5.41) is 10.1. The molecule has 2 aromatic rings. The van der Waals surface area contributed by atoms with Crippen molar-refractivity contribution in [1.82, 2.24) is 0 Å². The van der Waals surface area contributed by atoms with Crippen molar-refractivity contribution >= 4 is 5.97 Å². The van der Waals surface area contributed by atoms with E-state index in [1.54, 1.807) is 0 Å². The van der Waals surface area contributed by atoms with Crippen LogP contribution in [-0.2, 0) is 4.74 Å². The molecular weight excluding hydrogens is 267 g/mol. The number of rotatable bonds is 3. The minimum absolute atomic E-state index is 0.00302. The summed E-state index contributed by atoms with van der Waals surface area (Å²) in [4.78, 5) is 23.0. The maximum Gasteiger partial charge on any atom is 0.341 e. The van der Waals surface area contributed by atoms with Gasteiger partial charge >= 0.3 is 11.6 Å². The van der Waals surface area contributed by atoms with Gasteiger partial charge < -0.3 is 14.3 Å². The molecule has 0 aliphatic heterocycles. The van der Waals surface area contributed by atoms with Crippen molar-refractivity contribution in [2.75, 3.05) is 7.11 Å². The lowest BCUT2D eigenvalue weighted by Gasteiger charge is -2.10. The predicted octanol–water partition coefficient (Wildman–Crippen LogP) is 1.65. The van der Waals surface area contributed by atoms with Crippen molar-refractivity contribution < 1.29 is 23.4 Å². The molecule has 20 heavy (non-hydrogen) atoms. The summed E-state index contributed by atoms with van der Waals surface area (Å²) in [6, 6.07) is 6.18. The number of aliphatic hydroxyl groups is 1. The lowest BCUT2D eigenvalue weighted by molar-refractivity contribution is 0.0597. The van der Waals surface area contributed by atoms with Crippen LogP contribution < -0.4 is 5.63 Å². The summed E-state index contributed by atoms with van der Waals surface area (Å²) in [6.45, 7) is 0. The highest BCUT2D eigenvalue weighted by Gasteiger charge is 2.18. The van der Waals surface area contributed by atoms with E-state index in [0.29, 0.717) is 5.56 Å². The second-order valence-electron chi connectivity index (χ2n) is 4.02. The maximum absolute atomic E-state index is 12.8. The molecule has 0 saturated heterocycles. The molecular formula is C14H11FO5. The van der Waals surface area contributed by atoms with E-state index in [0.717, 1.165) is 18.4 Å². The summed E-state index contributed by atoms with van der Waals surface area (Å²) in [5.41, 5.74) is -0.599. The second-order valence-corrected chi connectivity index (χ2v) is 4.02. The fourth-order valence-electron chi connectivity index (χ4n) is 1.69. The van der Waals surface area contributed by atoms with E-state index < -0.39 is 23.5 Å². The molecule has 0 aliphatic rings. The van der Waals surface area contributed by atoms with Gasteiger partial charge in [0, 0.05) is 0 Å². The van der Waals surface area contributed by atoms with Crippen molar-refractivity contribution in [2.45, 2.75) is 6.10 Å². The molecule has 1 heterocycles. The van der Waals surface area contributed by atoms with Gasteiger partial charge in [0.1, 0.15) is 18.2 Å². The van der Waals surface area contributed by atoms with Gasteiger partial charge in [0.25, 0.3) is 0 Å². The molecule has 5 nitrogen and oxygen atoms in total. The summed E-state index contributed by atoms with van der Waals surface area (Å²) < 4.78 is 22.0. The van der Waals surface area contributed by atoms with Crippen molar-refractivity contribution in [3.63, 3.8) is 0 Å². The molecule has 1 aromatic carbocycles. The second kappa shape index (κ2) is 5.66. The number of esters is 1. The Bertz CT molecular complexity index is 675. The van der Waals surface area contributed by atoms with Gasteiger partial charge in [-0.25, -0.2) is 14.0 Å². The molecule has 0 radical (unpaired) electrons. The number of halogens is 1. The first-order chi connectivity index (χ1) is 9.52. The molecule has 0 bridgehead atoms. The Morgan fingerprint density at radius 3 is 2.60 bits per heavy atom. The molecule has 104 valence electrons. The van der Waals surface area contributed by atoms with Crippen molar-refractivity contribution in [1.29, 1.82) is 0 Å². The highest BCUT2D eigenvalue weighted by molar-refractivity contribution is 5.88. The van der Waals surface area contributed by atoms with Gasteiger partial charge in [-0.05, 0) is 23.8 Å². The number of methoxy groups -OCH3 is 1. The van der Waals surface area contributed by atoms with Crippen LogP contribution in [0.3, 0.4) is 0 Å². The Labute approximate surface area is 113 Å². The lowest BCUT2D eigenvalue weighted by atomic mass is 10.0. The maximum atomic E-state index is 12.8. The van der Waals surface area contributed by atoms with Gasteiger partial charge in [-0.3, -0.25) is 0 Å². The quantitative estimate of drug-likeness (QED) is 0.864. The molecule has 0 amide bonds. The predicted molar refractivity (Wildman–Crippen MR) is 66.8 cm³/mol. The summed E-state index contributed by atoms with van der Waals surface area (Å²) >= 11 is 0. The van der Waals surface area contributed by atoms with Crippen LogP contribution in [0.1, 0.15) is 27.6 Å². The van der Waals surface area contributed by atoms with Crippen LogP contribution in [0, 0.1) is 5.82 Å². The van der Waals surface area contributed by atoms with E-state index in [2.05, 4.69) is 9.15 Å². The molecule has 0 spiro atoms. The van der Waals surface area contributed by atoms with Gasteiger partial charge in [0.05, 0.1) is 18.2 Å². The van der Waals surface area contributed by atoms with Crippen molar-refractivity contribution in [3.05, 3.63) is 69.5 Å². The van der Waals surface area contributed by atoms with E-state index in [9.17, 15) is 19.1 Å². The van der Waals surface area contributed by atoms with Crippen LogP contribution in [0.4, 0.5) is 4.39 Å². The largest absolute Gasteiger partial charge is 0.465 e. The normalized spacial score (nSPS) is 11.9. The van der Waals surface area contributed by atoms with Crippen LogP contribution in [0.2, 0.25) is 0 Å². The average molecular weight is 278 g/mol. The Morgan fingerprint density at radius 1 is 1.35 bits per heavy atom. The topological polar surface area (TPSA) is 76.7 Å². The van der Waals surface area contributed by atoms with Crippen molar-refractivity contribution in [3.8, 4) is 0 Å². The zero-order valence-electron chi connectivity index (χ0n) is 10.5. The minimum Gasteiger partial charge on any atom is -0.465 e. The van der Waals surface area contributed by atoms with Gasteiger partial charge in [-0.1, -0.05) is 12.1 Å². The van der Waals surface area contributed by atoms with E-state index in [-0.39, 0.29) is 11.1 Å². The van der Waals surface area contributed by atoms with Gasteiger partial charge in [-0.15, -0.1) is 0 Å². The third-order valence-corrected chi connectivity index (χ3v) is 2.74. The SMILES string of the molecule is COC(=O)c1coc(=O)c(C(O)c2ccc(F)cc2)c1. The molecule has 2 rings (SSSR count). The average Bonchev–Trinajstić information content (AvgIpc) is 2.47. The van der Waals surface area contributed by atoms with Crippen molar-refractivity contribution in [2.24, 2.45) is 0 Å². The third-order valence-electron chi connectivity index (χ3n) is 2.74. The fraction of sp³-hybridized carbons (Fsp3) is 0.143.